The van der Waals surface area contributed by atoms with Gasteiger partial charge in [-0.2, -0.15) is 0 Å². The molecule has 2 N–H and O–H groups in total. The van der Waals surface area contributed by atoms with E-state index in [1.807, 2.05) is 31.3 Å². The molecule has 21 heavy (non-hydrogen) atoms. The SMILES string of the molecule is CC(O)CCN(C)C(=O)Nc1cccc(N(C)C(C)C)c1. The van der Waals surface area contributed by atoms with Crippen LogP contribution >= 0.6 is 0 Å². The van der Waals surface area contributed by atoms with Crippen LogP contribution in [0.3, 0.4) is 0 Å². The first kappa shape index (κ1) is 17.3. The van der Waals surface area contributed by atoms with Gasteiger partial charge in [-0.1, -0.05) is 6.07 Å². The number of anilines is 2. The molecule has 0 aliphatic carbocycles. The average Bonchev–Trinajstić information content (AvgIpc) is 2.43. The zero-order chi connectivity index (χ0) is 16.0. The van der Waals surface area contributed by atoms with Gasteiger partial charge in [0.25, 0.3) is 0 Å². The Kier molecular flexibility index (Phi) is 6.49. The Morgan fingerprint density at radius 1 is 1.29 bits per heavy atom. The maximum absolute atomic E-state index is 12.1. The number of carbonyl (C=O) groups excluding carboxylic acids is 1. The molecule has 0 heterocycles. The fraction of sp³-hybridized carbons (Fsp3) is 0.562. The van der Waals surface area contributed by atoms with Crippen LogP contribution in [0.2, 0.25) is 0 Å². The Morgan fingerprint density at radius 3 is 2.52 bits per heavy atom. The van der Waals surface area contributed by atoms with Crippen LogP contribution < -0.4 is 10.2 Å². The van der Waals surface area contributed by atoms with E-state index in [0.717, 1.165) is 11.4 Å². The number of carbonyl (C=O) groups is 1. The molecule has 1 atom stereocenters. The maximum Gasteiger partial charge on any atom is 0.321 e. The number of amides is 2. The summed E-state index contributed by atoms with van der Waals surface area (Å²) < 4.78 is 0. The highest BCUT2D eigenvalue weighted by Gasteiger charge is 2.11. The first-order valence-corrected chi connectivity index (χ1v) is 7.34. The third-order valence-corrected chi connectivity index (χ3v) is 3.51. The minimum Gasteiger partial charge on any atom is -0.393 e. The van der Waals surface area contributed by atoms with Crippen LogP contribution in [0, 0.1) is 0 Å². The van der Waals surface area contributed by atoms with Crippen LogP contribution in [0.25, 0.3) is 0 Å². The lowest BCUT2D eigenvalue weighted by molar-refractivity contribution is 0.167. The minimum atomic E-state index is -0.400. The van der Waals surface area contributed by atoms with E-state index in [9.17, 15) is 9.90 Å². The summed E-state index contributed by atoms with van der Waals surface area (Å²) >= 11 is 0. The largest absolute Gasteiger partial charge is 0.393 e. The molecule has 0 spiro atoms. The number of aliphatic hydroxyl groups is 1. The number of nitrogens with one attached hydrogen (secondary N) is 1. The highest BCUT2D eigenvalue weighted by atomic mass is 16.3. The summed E-state index contributed by atoms with van der Waals surface area (Å²) in [5, 5.41) is 12.1. The van der Waals surface area contributed by atoms with E-state index in [-0.39, 0.29) is 6.03 Å². The van der Waals surface area contributed by atoms with Gasteiger partial charge in [-0.15, -0.1) is 0 Å². The molecule has 0 bridgehead atoms. The van der Waals surface area contributed by atoms with Gasteiger partial charge in [-0.05, 0) is 45.4 Å². The molecule has 5 heteroatoms. The molecule has 0 fully saturated rings. The van der Waals surface area contributed by atoms with E-state index in [1.54, 1.807) is 18.9 Å². The fourth-order valence-corrected chi connectivity index (χ4v) is 1.80. The molecule has 1 aromatic carbocycles. The third-order valence-electron chi connectivity index (χ3n) is 3.51. The second-order valence-electron chi connectivity index (χ2n) is 5.74. The van der Waals surface area contributed by atoms with E-state index in [1.165, 1.54) is 0 Å². The van der Waals surface area contributed by atoms with Crippen molar-refractivity contribution in [2.24, 2.45) is 0 Å². The second kappa shape index (κ2) is 7.88. The van der Waals surface area contributed by atoms with Crippen molar-refractivity contribution in [3.63, 3.8) is 0 Å². The smallest absolute Gasteiger partial charge is 0.321 e. The van der Waals surface area contributed by atoms with Crippen molar-refractivity contribution < 1.29 is 9.90 Å². The van der Waals surface area contributed by atoms with Gasteiger partial charge >= 0.3 is 6.03 Å². The maximum atomic E-state index is 12.1. The number of nitrogens with zero attached hydrogens (tertiary/aromatic N) is 2. The highest BCUT2D eigenvalue weighted by Crippen LogP contribution is 2.20. The Balaban J connectivity index is 2.66. The van der Waals surface area contributed by atoms with Crippen molar-refractivity contribution >= 4 is 17.4 Å². The quantitative estimate of drug-likeness (QED) is 0.848. The standard InChI is InChI=1S/C16H27N3O2/c1-12(2)19(5)15-8-6-7-14(11-15)17-16(21)18(4)10-9-13(3)20/h6-8,11-13,20H,9-10H2,1-5H3,(H,17,21). The van der Waals surface area contributed by atoms with Gasteiger partial charge < -0.3 is 20.2 Å². The molecule has 0 aliphatic heterocycles. The van der Waals surface area contributed by atoms with E-state index < -0.39 is 6.10 Å². The first-order chi connectivity index (χ1) is 9.81. The first-order valence-electron chi connectivity index (χ1n) is 7.34. The van der Waals surface area contributed by atoms with Gasteiger partial charge in [-0.25, -0.2) is 4.79 Å². The van der Waals surface area contributed by atoms with Crippen LogP contribution in [0.4, 0.5) is 16.2 Å². The molecular formula is C16H27N3O2. The number of urea groups is 1. The summed E-state index contributed by atoms with van der Waals surface area (Å²) in [7, 11) is 3.75. The van der Waals surface area contributed by atoms with Crippen molar-refractivity contribution in [2.75, 3.05) is 30.9 Å². The van der Waals surface area contributed by atoms with Crippen LogP contribution in [-0.4, -0.2) is 48.8 Å². The van der Waals surface area contributed by atoms with Gasteiger partial charge in [-0.3, -0.25) is 0 Å². The van der Waals surface area contributed by atoms with Gasteiger partial charge in [0.15, 0.2) is 0 Å². The lowest BCUT2D eigenvalue weighted by Gasteiger charge is -2.24. The summed E-state index contributed by atoms with van der Waals surface area (Å²) in [6, 6.07) is 8.01. The summed E-state index contributed by atoms with van der Waals surface area (Å²) in [5.74, 6) is 0. The monoisotopic (exact) mass is 293 g/mol. The number of aliphatic hydroxyl groups excluding tert-OH is 1. The van der Waals surface area contributed by atoms with Gasteiger partial charge in [0.2, 0.25) is 0 Å². The van der Waals surface area contributed by atoms with Crippen LogP contribution in [0.15, 0.2) is 24.3 Å². The molecule has 2 amide bonds. The predicted molar refractivity (Wildman–Crippen MR) is 87.9 cm³/mol. The summed E-state index contributed by atoms with van der Waals surface area (Å²) in [4.78, 5) is 15.8. The summed E-state index contributed by atoms with van der Waals surface area (Å²) in [5.41, 5.74) is 1.84. The van der Waals surface area contributed by atoms with Crippen molar-refractivity contribution in [2.45, 2.75) is 39.3 Å². The molecule has 0 saturated carbocycles. The molecule has 5 nitrogen and oxygen atoms in total. The van der Waals surface area contributed by atoms with E-state index in [2.05, 4.69) is 24.1 Å². The minimum absolute atomic E-state index is 0.167. The number of rotatable bonds is 6. The molecular weight excluding hydrogens is 266 g/mol. The van der Waals surface area contributed by atoms with Crippen molar-refractivity contribution in [1.82, 2.24) is 4.90 Å². The molecule has 0 aliphatic rings. The highest BCUT2D eigenvalue weighted by molar-refractivity contribution is 5.89. The Labute approximate surface area is 127 Å². The average molecular weight is 293 g/mol. The lowest BCUT2D eigenvalue weighted by Crippen LogP contribution is -2.33. The molecule has 1 unspecified atom stereocenters. The van der Waals surface area contributed by atoms with Gasteiger partial charge in [0, 0.05) is 38.1 Å². The van der Waals surface area contributed by atoms with Crippen LogP contribution in [-0.2, 0) is 0 Å². The summed E-state index contributed by atoms with van der Waals surface area (Å²) in [6.45, 7) is 6.48. The van der Waals surface area contributed by atoms with Gasteiger partial charge in [0.1, 0.15) is 0 Å². The zero-order valence-corrected chi connectivity index (χ0v) is 13.6. The third kappa shape index (κ3) is 5.63. The van der Waals surface area contributed by atoms with E-state index >= 15 is 0 Å². The van der Waals surface area contributed by atoms with Crippen molar-refractivity contribution in [3.05, 3.63) is 24.3 Å². The number of benzene rings is 1. The Bertz CT molecular complexity index is 461. The molecule has 1 aromatic rings. The van der Waals surface area contributed by atoms with E-state index in [0.29, 0.717) is 19.0 Å². The van der Waals surface area contributed by atoms with Crippen LogP contribution in [0.1, 0.15) is 27.2 Å². The lowest BCUT2D eigenvalue weighted by atomic mass is 10.2. The predicted octanol–water partition coefficient (Wildman–Crippen LogP) is 2.77. The fourth-order valence-electron chi connectivity index (χ4n) is 1.80. The molecule has 1 rings (SSSR count). The number of hydrogen-bond donors (Lipinski definition) is 2. The topological polar surface area (TPSA) is 55.8 Å². The van der Waals surface area contributed by atoms with Gasteiger partial charge in [0.05, 0.1) is 6.10 Å². The van der Waals surface area contributed by atoms with E-state index in [4.69, 9.17) is 0 Å². The molecule has 0 radical (unpaired) electrons. The molecule has 118 valence electrons. The number of hydrogen-bond acceptors (Lipinski definition) is 3. The summed E-state index contributed by atoms with van der Waals surface area (Å²) in [6.07, 6.45) is 0.170. The van der Waals surface area contributed by atoms with Crippen LogP contribution in [0.5, 0.6) is 0 Å². The molecule has 0 saturated heterocycles. The second-order valence-corrected chi connectivity index (χ2v) is 5.74. The zero-order valence-electron chi connectivity index (χ0n) is 13.6. The Hall–Kier alpha value is -1.75. The normalized spacial score (nSPS) is 12.1. The Morgan fingerprint density at radius 2 is 1.95 bits per heavy atom. The van der Waals surface area contributed by atoms with Crippen molar-refractivity contribution in [1.29, 1.82) is 0 Å². The molecule has 0 aromatic heterocycles. The van der Waals surface area contributed by atoms with Crippen molar-refractivity contribution in [3.8, 4) is 0 Å².